The monoisotopic (exact) mass is 280 g/mol. The second kappa shape index (κ2) is 6.38. The number of carboxylic acid groups (broad SMARTS) is 1. The number of aliphatic hydroxyl groups is 1. The fourth-order valence-corrected chi connectivity index (χ4v) is 1.56. The number of carboxylic acids is 1. The molecule has 1 aromatic rings. The van der Waals surface area contributed by atoms with Crippen LogP contribution in [0.2, 0.25) is 0 Å². The van der Waals surface area contributed by atoms with Gasteiger partial charge in [-0.3, -0.25) is 0 Å². The molecule has 0 spiro atoms. The van der Waals surface area contributed by atoms with Crippen LogP contribution in [0.4, 0.5) is 10.5 Å². The summed E-state index contributed by atoms with van der Waals surface area (Å²) in [5, 5.41) is 22.2. The van der Waals surface area contributed by atoms with E-state index in [9.17, 15) is 9.59 Å². The number of carbonyl (C=O) groups excluding carboxylic acids is 1. The fraction of sp³-hybridized carbons (Fsp3) is 0.429. The van der Waals surface area contributed by atoms with Gasteiger partial charge in [-0.15, -0.1) is 0 Å². The molecule has 2 amide bonds. The molecule has 110 valence electrons. The molecule has 0 saturated heterocycles. The van der Waals surface area contributed by atoms with Crippen molar-refractivity contribution in [2.24, 2.45) is 0 Å². The van der Waals surface area contributed by atoms with Crippen molar-refractivity contribution in [3.63, 3.8) is 0 Å². The van der Waals surface area contributed by atoms with Gasteiger partial charge in [-0.05, 0) is 23.1 Å². The van der Waals surface area contributed by atoms with Crippen LogP contribution in [0.1, 0.15) is 26.3 Å². The summed E-state index contributed by atoms with van der Waals surface area (Å²) < 4.78 is 0. The van der Waals surface area contributed by atoms with Gasteiger partial charge in [0.2, 0.25) is 0 Å². The van der Waals surface area contributed by atoms with Crippen molar-refractivity contribution in [2.45, 2.75) is 32.2 Å². The number of anilines is 1. The molecular weight excluding hydrogens is 260 g/mol. The molecule has 0 aliphatic rings. The maximum atomic E-state index is 11.6. The lowest BCUT2D eigenvalue weighted by Crippen LogP contribution is -2.45. The van der Waals surface area contributed by atoms with Crippen LogP contribution in [0.3, 0.4) is 0 Å². The van der Waals surface area contributed by atoms with E-state index in [4.69, 9.17) is 10.2 Å². The van der Waals surface area contributed by atoms with Gasteiger partial charge >= 0.3 is 12.0 Å². The Kier molecular flexibility index (Phi) is 5.10. The highest BCUT2D eigenvalue weighted by atomic mass is 16.4. The number of aliphatic hydroxyl groups excluding tert-OH is 1. The van der Waals surface area contributed by atoms with Crippen LogP contribution in [0.15, 0.2) is 24.3 Å². The number of hydrogen-bond donors (Lipinski definition) is 4. The highest BCUT2D eigenvalue weighted by Gasteiger charge is 2.18. The van der Waals surface area contributed by atoms with Gasteiger partial charge in [0.05, 0.1) is 6.61 Å². The second-order valence-electron chi connectivity index (χ2n) is 5.50. The Morgan fingerprint density at radius 1 is 1.20 bits per heavy atom. The first-order valence-corrected chi connectivity index (χ1v) is 6.26. The SMILES string of the molecule is CC(C)(C)c1ccc(NC(=O)N[C@@H](CO)C(=O)O)cc1. The van der Waals surface area contributed by atoms with E-state index in [1.807, 2.05) is 12.1 Å². The molecule has 0 bridgehead atoms. The zero-order valence-electron chi connectivity index (χ0n) is 11.8. The van der Waals surface area contributed by atoms with Gasteiger partial charge in [0.15, 0.2) is 6.04 Å². The van der Waals surface area contributed by atoms with E-state index in [1.54, 1.807) is 12.1 Å². The summed E-state index contributed by atoms with van der Waals surface area (Å²) in [6.07, 6.45) is 0. The van der Waals surface area contributed by atoms with Crippen LogP contribution in [0.25, 0.3) is 0 Å². The third-order valence-electron chi connectivity index (χ3n) is 2.79. The Bertz CT molecular complexity index is 477. The Labute approximate surface area is 117 Å². The molecule has 4 N–H and O–H groups in total. The third-order valence-corrected chi connectivity index (χ3v) is 2.79. The summed E-state index contributed by atoms with van der Waals surface area (Å²) in [6, 6.07) is 5.30. The van der Waals surface area contributed by atoms with Gasteiger partial charge in [-0.25, -0.2) is 9.59 Å². The molecule has 0 aromatic heterocycles. The number of rotatable bonds is 4. The van der Waals surface area contributed by atoms with Crippen LogP contribution in [-0.4, -0.2) is 34.9 Å². The van der Waals surface area contributed by atoms with Gasteiger partial charge < -0.3 is 20.8 Å². The number of benzene rings is 1. The molecule has 0 heterocycles. The summed E-state index contributed by atoms with van der Waals surface area (Å²) >= 11 is 0. The molecule has 0 radical (unpaired) electrons. The Morgan fingerprint density at radius 2 is 1.75 bits per heavy atom. The van der Waals surface area contributed by atoms with E-state index in [2.05, 4.69) is 31.4 Å². The first-order valence-electron chi connectivity index (χ1n) is 6.26. The summed E-state index contributed by atoms with van der Waals surface area (Å²) in [4.78, 5) is 22.2. The average molecular weight is 280 g/mol. The first-order chi connectivity index (χ1) is 9.24. The van der Waals surface area contributed by atoms with Gasteiger partial charge in [-0.1, -0.05) is 32.9 Å². The van der Waals surface area contributed by atoms with Gasteiger partial charge in [0, 0.05) is 5.69 Å². The Hall–Kier alpha value is -2.08. The molecule has 0 fully saturated rings. The largest absolute Gasteiger partial charge is 0.480 e. The Morgan fingerprint density at radius 3 is 2.15 bits per heavy atom. The number of nitrogens with one attached hydrogen (secondary N) is 2. The molecule has 6 nitrogen and oxygen atoms in total. The Balaban J connectivity index is 2.65. The summed E-state index contributed by atoms with van der Waals surface area (Å²) in [5.41, 5.74) is 1.70. The molecule has 6 heteroatoms. The van der Waals surface area contributed by atoms with E-state index in [0.29, 0.717) is 5.69 Å². The summed E-state index contributed by atoms with van der Waals surface area (Å²) in [5.74, 6) is -1.29. The van der Waals surface area contributed by atoms with Crippen molar-refractivity contribution in [2.75, 3.05) is 11.9 Å². The highest BCUT2D eigenvalue weighted by Crippen LogP contribution is 2.23. The second-order valence-corrected chi connectivity index (χ2v) is 5.50. The lowest BCUT2D eigenvalue weighted by atomic mass is 9.87. The van der Waals surface area contributed by atoms with Crippen molar-refractivity contribution in [1.82, 2.24) is 5.32 Å². The van der Waals surface area contributed by atoms with Gasteiger partial charge in [0.25, 0.3) is 0 Å². The molecular formula is C14H20N2O4. The number of hydrogen-bond acceptors (Lipinski definition) is 3. The smallest absolute Gasteiger partial charge is 0.328 e. The van der Waals surface area contributed by atoms with Gasteiger partial charge in [-0.2, -0.15) is 0 Å². The van der Waals surface area contributed by atoms with E-state index in [-0.39, 0.29) is 5.41 Å². The van der Waals surface area contributed by atoms with Crippen molar-refractivity contribution in [1.29, 1.82) is 0 Å². The predicted octanol–water partition coefficient (Wildman–Crippen LogP) is 1.55. The minimum absolute atomic E-state index is 0.0199. The van der Waals surface area contributed by atoms with Gasteiger partial charge in [0.1, 0.15) is 0 Å². The number of urea groups is 1. The van der Waals surface area contributed by atoms with Crippen molar-refractivity contribution >= 4 is 17.7 Å². The van der Waals surface area contributed by atoms with Crippen LogP contribution in [0.5, 0.6) is 0 Å². The average Bonchev–Trinajstić information content (AvgIpc) is 2.35. The van der Waals surface area contributed by atoms with E-state index in [0.717, 1.165) is 5.56 Å². The van der Waals surface area contributed by atoms with Crippen molar-refractivity contribution < 1.29 is 19.8 Å². The maximum absolute atomic E-state index is 11.6. The molecule has 1 rings (SSSR count). The molecule has 1 aromatic carbocycles. The number of amides is 2. The summed E-state index contributed by atoms with van der Waals surface area (Å²) in [7, 11) is 0. The van der Waals surface area contributed by atoms with E-state index >= 15 is 0 Å². The zero-order chi connectivity index (χ0) is 15.3. The molecule has 0 aliphatic heterocycles. The van der Waals surface area contributed by atoms with Crippen LogP contribution < -0.4 is 10.6 Å². The van der Waals surface area contributed by atoms with Crippen LogP contribution >= 0.6 is 0 Å². The van der Waals surface area contributed by atoms with Crippen molar-refractivity contribution in [3.8, 4) is 0 Å². The number of carbonyl (C=O) groups is 2. The maximum Gasteiger partial charge on any atom is 0.328 e. The zero-order valence-corrected chi connectivity index (χ0v) is 11.8. The molecule has 0 saturated carbocycles. The first kappa shape index (κ1) is 16.0. The molecule has 1 atom stereocenters. The normalized spacial score (nSPS) is 12.6. The topological polar surface area (TPSA) is 98.7 Å². The van der Waals surface area contributed by atoms with Crippen LogP contribution in [0, 0.1) is 0 Å². The van der Waals surface area contributed by atoms with E-state index < -0.39 is 24.6 Å². The quantitative estimate of drug-likeness (QED) is 0.672. The summed E-state index contributed by atoms with van der Waals surface area (Å²) in [6.45, 7) is 5.59. The van der Waals surface area contributed by atoms with Crippen molar-refractivity contribution in [3.05, 3.63) is 29.8 Å². The minimum Gasteiger partial charge on any atom is -0.480 e. The standard InChI is InChI=1S/C14H20N2O4/c1-14(2,3)9-4-6-10(7-5-9)15-13(20)16-11(8-17)12(18)19/h4-7,11,17H,8H2,1-3H3,(H,18,19)(H2,15,16,20)/t11-/m0/s1. The van der Waals surface area contributed by atoms with Crippen LogP contribution in [-0.2, 0) is 10.2 Å². The highest BCUT2D eigenvalue weighted by molar-refractivity contribution is 5.92. The lowest BCUT2D eigenvalue weighted by Gasteiger charge is -2.19. The third kappa shape index (κ3) is 4.55. The molecule has 0 unspecified atom stereocenters. The minimum atomic E-state index is -1.32. The van der Waals surface area contributed by atoms with E-state index in [1.165, 1.54) is 0 Å². The molecule has 0 aliphatic carbocycles. The number of aliphatic carboxylic acids is 1. The lowest BCUT2D eigenvalue weighted by molar-refractivity contribution is -0.140. The predicted molar refractivity (Wildman–Crippen MR) is 75.8 cm³/mol. The fourth-order valence-electron chi connectivity index (χ4n) is 1.56. The molecule has 20 heavy (non-hydrogen) atoms.